The second kappa shape index (κ2) is 6.66. The summed E-state index contributed by atoms with van der Waals surface area (Å²) in [5.74, 6) is -0.207. The molecule has 1 aromatic carbocycles. The number of hydrogen-bond acceptors (Lipinski definition) is 5. The number of aryl methyl sites for hydroxylation is 1. The third-order valence-electron chi connectivity index (χ3n) is 2.91. The van der Waals surface area contributed by atoms with Gasteiger partial charge in [0.2, 0.25) is 10.0 Å². The lowest BCUT2D eigenvalue weighted by atomic mass is 10.1. The minimum atomic E-state index is -3.70. The highest BCUT2D eigenvalue weighted by atomic mass is 32.2. The number of sulfone groups is 1. The molecular formula is C12H20N2O4S2. The fourth-order valence-corrected chi connectivity index (χ4v) is 3.78. The zero-order chi connectivity index (χ0) is 15.4. The number of benzene rings is 1. The normalized spacial score (nSPS) is 12.6. The van der Waals surface area contributed by atoms with Crippen LogP contribution in [0.3, 0.4) is 0 Å². The molecule has 0 radical (unpaired) electrons. The summed E-state index contributed by atoms with van der Waals surface area (Å²) in [5, 5.41) is 0. The Balaban J connectivity index is 2.84. The molecule has 0 amide bonds. The number of nitrogens with one attached hydrogen (secondary N) is 1. The van der Waals surface area contributed by atoms with Gasteiger partial charge in [0.15, 0.2) is 9.84 Å². The van der Waals surface area contributed by atoms with E-state index in [0.717, 1.165) is 5.56 Å². The van der Waals surface area contributed by atoms with Gasteiger partial charge in [-0.1, -0.05) is 19.1 Å². The van der Waals surface area contributed by atoms with Crippen LogP contribution >= 0.6 is 0 Å². The van der Waals surface area contributed by atoms with Gasteiger partial charge in [0.25, 0.3) is 0 Å². The summed E-state index contributed by atoms with van der Waals surface area (Å²) in [6.45, 7) is 3.41. The first-order valence-corrected chi connectivity index (χ1v) is 9.52. The minimum absolute atomic E-state index is 0.00104. The van der Waals surface area contributed by atoms with Crippen LogP contribution in [0, 0.1) is 6.92 Å². The number of rotatable bonds is 7. The molecule has 0 heterocycles. The van der Waals surface area contributed by atoms with Crippen molar-refractivity contribution in [1.29, 1.82) is 0 Å². The molecule has 0 spiro atoms. The summed E-state index contributed by atoms with van der Waals surface area (Å²) in [5.41, 5.74) is 6.91. The largest absolute Gasteiger partial charge is 0.326 e. The van der Waals surface area contributed by atoms with Crippen molar-refractivity contribution in [3.63, 3.8) is 0 Å². The van der Waals surface area contributed by atoms with Gasteiger partial charge in [-0.25, -0.2) is 21.6 Å². The van der Waals surface area contributed by atoms with Gasteiger partial charge in [0.05, 0.1) is 10.6 Å². The third-order valence-corrected chi connectivity index (χ3v) is 6.24. The van der Waals surface area contributed by atoms with Crippen LogP contribution in [0.1, 0.15) is 18.1 Å². The highest BCUT2D eigenvalue weighted by Crippen LogP contribution is 2.16. The molecule has 0 aromatic heterocycles. The molecule has 0 aliphatic heterocycles. The Morgan fingerprint density at radius 3 is 2.35 bits per heavy atom. The summed E-state index contributed by atoms with van der Waals surface area (Å²) >= 11 is 0. The molecule has 8 heteroatoms. The summed E-state index contributed by atoms with van der Waals surface area (Å²) < 4.78 is 49.1. The van der Waals surface area contributed by atoms with Crippen LogP contribution in [-0.4, -0.2) is 34.9 Å². The van der Waals surface area contributed by atoms with Crippen LogP contribution in [-0.2, 0) is 26.4 Å². The molecule has 0 fully saturated rings. The van der Waals surface area contributed by atoms with Crippen molar-refractivity contribution in [2.45, 2.75) is 25.3 Å². The van der Waals surface area contributed by atoms with E-state index in [-0.39, 0.29) is 22.9 Å². The van der Waals surface area contributed by atoms with Crippen LogP contribution < -0.4 is 10.5 Å². The Morgan fingerprint density at radius 1 is 1.20 bits per heavy atom. The van der Waals surface area contributed by atoms with E-state index >= 15 is 0 Å². The lowest BCUT2D eigenvalue weighted by Crippen LogP contribution is -2.30. The lowest BCUT2D eigenvalue weighted by Gasteiger charge is -2.10. The molecule has 0 bridgehead atoms. The molecular weight excluding hydrogens is 300 g/mol. The predicted molar refractivity (Wildman–Crippen MR) is 78.6 cm³/mol. The Morgan fingerprint density at radius 2 is 1.85 bits per heavy atom. The summed E-state index contributed by atoms with van der Waals surface area (Å²) in [6, 6.07) is 4.83. The summed E-state index contributed by atoms with van der Waals surface area (Å²) in [7, 11) is -6.89. The van der Waals surface area contributed by atoms with E-state index in [1.807, 2.05) is 0 Å². The molecule has 114 valence electrons. The van der Waals surface area contributed by atoms with Crippen LogP contribution in [0.5, 0.6) is 0 Å². The Bertz CT molecular complexity index is 667. The number of nitrogens with two attached hydrogens (primary N) is 1. The van der Waals surface area contributed by atoms with Crippen molar-refractivity contribution in [1.82, 2.24) is 4.72 Å². The van der Waals surface area contributed by atoms with Gasteiger partial charge in [0.1, 0.15) is 0 Å². The Hall–Kier alpha value is -0.960. The molecule has 0 atom stereocenters. The molecule has 1 aromatic rings. The lowest BCUT2D eigenvalue weighted by molar-refractivity contribution is 0.580. The van der Waals surface area contributed by atoms with E-state index in [9.17, 15) is 16.8 Å². The summed E-state index contributed by atoms with van der Waals surface area (Å²) in [6.07, 6.45) is 0. The molecule has 3 N–H and O–H groups in total. The van der Waals surface area contributed by atoms with Gasteiger partial charge in [0, 0.05) is 18.8 Å². The molecule has 20 heavy (non-hydrogen) atoms. The van der Waals surface area contributed by atoms with E-state index in [1.54, 1.807) is 19.1 Å². The first-order valence-electron chi connectivity index (χ1n) is 6.21. The fourth-order valence-electron chi connectivity index (χ4n) is 1.69. The van der Waals surface area contributed by atoms with Gasteiger partial charge in [-0.2, -0.15) is 0 Å². The highest BCUT2D eigenvalue weighted by molar-refractivity contribution is 7.91. The smallest absolute Gasteiger partial charge is 0.240 e. The minimum Gasteiger partial charge on any atom is -0.326 e. The zero-order valence-corrected chi connectivity index (χ0v) is 13.2. The fraction of sp³-hybridized carbons (Fsp3) is 0.500. The maximum absolute atomic E-state index is 12.1. The van der Waals surface area contributed by atoms with Crippen LogP contribution in [0.15, 0.2) is 23.1 Å². The van der Waals surface area contributed by atoms with Crippen molar-refractivity contribution in [2.75, 3.05) is 18.1 Å². The van der Waals surface area contributed by atoms with Gasteiger partial charge >= 0.3 is 0 Å². The maximum Gasteiger partial charge on any atom is 0.240 e. The van der Waals surface area contributed by atoms with E-state index in [1.165, 1.54) is 13.0 Å². The van der Waals surface area contributed by atoms with Gasteiger partial charge in [-0.15, -0.1) is 0 Å². The van der Waals surface area contributed by atoms with Crippen molar-refractivity contribution >= 4 is 19.9 Å². The van der Waals surface area contributed by atoms with Crippen molar-refractivity contribution in [2.24, 2.45) is 5.73 Å². The third kappa shape index (κ3) is 4.55. The van der Waals surface area contributed by atoms with E-state index in [0.29, 0.717) is 12.1 Å². The Labute approximate surface area is 120 Å². The SMILES string of the molecule is CCS(=O)(=O)CCNS(=O)(=O)c1ccc(CN)cc1C. The predicted octanol–water partition coefficient (Wildman–Crippen LogP) is 0.167. The number of hydrogen-bond donors (Lipinski definition) is 2. The molecule has 1 rings (SSSR count). The number of sulfonamides is 1. The highest BCUT2D eigenvalue weighted by Gasteiger charge is 2.17. The molecule has 0 saturated heterocycles. The van der Waals surface area contributed by atoms with Crippen LogP contribution in [0.25, 0.3) is 0 Å². The van der Waals surface area contributed by atoms with Crippen LogP contribution in [0.4, 0.5) is 0 Å². The monoisotopic (exact) mass is 320 g/mol. The standard InChI is InChI=1S/C12H20N2O4S2/c1-3-19(15,16)7-6-14-20(17,18)12-5-4-11(9-13)8-10(12)2/h4-5,8,14H,3,6-7,9,13H2,1-2H3. The average molecular weight is 320 g/mol. The van der Waals surface area contributed by atoms with Gasteiger partial charge in [-0.05, 0) is 24.1 Å². The molecule has 6 nitrogen and oxygen atoms in total. The van der Waals surface area contributed by atoms with Crippen LogP contribution in [0.2, 0.25) is 0 Å². The second-order valence-corrected chi connectivity index (χ2v) is 8.65. The van der Waals surface area contributed by atoms with Gasteiger partial charge in [-0.3, -0.25) is 0 Å². The second-order valence-electron chi connectivity index (χ2n) is 4.44. The van der Waals surface area contributed by atoms with Crippen molar-refractivity contribution in [3.8, 4) is 0 Å². The van der Waals surface area contributed by atoms with Crippen molar-refractivity contribution in [3.05, 3.63) is 29.3 Å². The van der Waals surface area contributed by atoms with Gasteiger partial charge < -0.3 is 5.73 Å². The van der Waals surface area contributed by atoms with E-state index in [4.69, 9.17) is 5.73 Å². The molecule has 0 unspecified atom stereocenters. The Kier molecular flexibility index (Phi) is 5.69. The molecule has 0 saturated carbocycles. The van der Waals surface area contributed by atoms with E-state index < -0.39 is 19.9 Å². The summed E-state index contributed by atoms with van der Waals surface area (Å²) in [4.78, 5) is 0.142. The van der Waals surface area contributed by atoms with E-state index in [2.05, 4.69) is 4.72 Å². The topological polar surface area (TPSA) is 106 Å². The quantitative estimate of drug-likeness (QED) is 0.744. The maximum atomic E-state index is 12.1. The first kappa shape index (κ1) is 17.1. The molecule has 0 aliphatic carbocycles. The average Bonchev–Trinajstić information content (AvgIpc) is 2.37. The molecule has 0 aliphatic rings. The van der Waals surface area contributed by atoms with Crippen molar-refractivity contribution < 1.29 is 16.8 Å². The zero-order valence-electron chi connectivity index (χ0n) is 11.6. The first-order chi connectivity index (χ1) is 9.22.